The summed E-state index contributed by atoms with van der Waals surface area (Å²) < 4.78 is 0. The summed E-state index contributed by atoms with van der Waals surface area (Å²) in [5.74, 6) is 0.116. The lowest BCUT2D eigenvalue weighted by atomic mass is 10.2. The van der Waals surface area contributed by atoms with Crippen LogP contribution in [0.1, 0.15) is 24.8 Å². The monoisotopic (exact) mass is 263 g/mol. The van der Waals surface area contributed by atoms with Gasteiger partial charge in [0.1, 0.15) is 4.99 Å². The van der Waals surface area contributed by atoms with Gasteiger partial charge in [0.15, 0.2) is 0 Å². The van der Waals surface area contributed by atoms with Crippen LogP contribution in [0, 0.1) is 0 Å². The van der Waals surface area contributed by atoms with Gasteiger partial charge in [-0.3, -0.25) is 4.79 Å². The van der Waals surface area contributed by atoms with E-state index < -0.39 is 0 Å². The van der Waals surface area contributed by atoms with Crippen LogP contribution in [0.4, 0.5) is 5.69 Å². The van der Waals surface area contributed by atoms with Crippen LogP contribution in [-0.2, 0) is 4.79 Å². The second kappa shape index (κ2) is 5.82. The van der Waals surface area contributed by atoms with Crippen LogP contribution in [0.3, 0.4) is 0 Å². The summed E-state index contributed by atoms with van der Waals surface area (Å²) >= 11 is 4.88. The largest absolute Gasteiger partial charge is 0.389 e. The number of amides is 1. The number of nitrogens with two attached hydrogens (primary N) is 1. The molecule has 4 N–H and O–H groups in total. The lowest BCUT2D eigenvalue weighted by Gasteiger charge is -2.07. The Morgan fingerprint density at radius 2 is 2.00 bits per heavy atom. The van der Waals surface area contributed by atoms with Gasteiger partial charge in [-0.25, -0.2) is 0 Å². The summed E-state index contributed by atoms with van der Waals surface area (Å²) in [6, 6.07) is 7.99. The average Bonchev–Trinajstić information content (AvgIpc) is 3.13. The Morgan fingerprint density at radius 3 is 2.56 bits per heavy atom. The van der Waals surface area contributed by atoms with Crippen LogP contribution in [0.5, 0.6) is 0 Å². The molecular weight excluding hydrogens is 246 g/mol. The van der Waals surface area contributed by atoms with Gasteiger partial charge in [-0.2, -0.15) is 0 Å². The van der Waals surface area contributed by atoms with E-state index in [1.807, 2.05) is 24.3 Å². The highest BCUT2D eigenvalue weighted by Gasteiger charge is 2.22. The molecule has 0 unspecified atom stereocenters. The molecular formula is C13H17N3OS. The maximum atomic E-state index is 11.4. The van der Waals surface area contributed by atoms with Gasteiger partial charge < -0.3 is 16.4 Å². The highest BCUT2D eigenvalue weighted by molar-refractivity contribution is 7.80. The zero-order valence-corrected chi connectivity index (χ0v) is 10.9. The first-order valence-corrected chi connectivity index (χ1v) is 6.49. The van der Waals surface area contributed by atoms with Crippen LogP contribution < -0.4 is 16.4 Å². The van der Waals surface area contributed by atoms with Crippen LogP contribution in [0.25, 0.3) is 0 Å². The molecule has 0 spiro atoms. The lowest BCUT2D eigenvalue weighted by Crippen LogP contribution is -2.27. The number of thiocarbonyl (C=S) groups is 1. The molecule has 1 amide bonds. The number of benzene rings is 1. The van der Waals surface area contributed by atoms with Crippen LogP contribution in [0.2, 0.25) is 0 Å². The molecule has 0 radical (unpaired) electrons. The lowest BCUT2D eigenvalue weighted by molar-refractivity contribution is -0.120. The van der Waals surface area contributed by atoms with E-state index in [1.165, 1.54) is 0 Å². The van der Waals surface area contributed by atoms with E-state index in [0.29, 0.717) is 24.0 Å². The molecule has 0 aliphatic heterocycles. The third-order valence-electron chi connectivity index (χ3n) is 2.79. The molecule has 0 bridgehead atoms. The first-order valence-electron chi connectivity index (χ1n) is 6.08. The van der Waals surface area contributed by atoms with E-state index in [-0.39, 0.29) is 5.91 Å². The average molecular weight is 263 g/mol. The molecule has 5 heteroatoms. The van der Waals surface area contributed by atoms with Crippen LogP contribution >= 0.6 is 12.2 Å². The highest BCUT2D eigenvalue weighted by Crippen LogP contribution is 2.18. The minimum atomic E-state index is 0.116. The third-order valence-corrected chi connectivity index (χ3v) is 3.03. The summed E-state index contributed by atoms with van der Waals surface area (Å²) in [5, 5.41) is 6.14. The Labute approximate surface area is 112 Å². The number of anilines is 1. The fourth-order valence-corrected chi connectivity index (χ4v) is 1.74. The van der Waals surface area contributed by atoms with E-state index >= 15 is 0 Å². The molecule has 1 saturated carbocycles. The molecule has 0 saturated heterocycles. The maximum Gasteiger partial charge on any atom is 0.221 e. The molecule has 0 heterocycles. The zero-order chi connectivity index (χ0) is 13.0. The van der Waals surface area contributed by atoms with Crippen molar-refractivity contribution in [3.05, 3.63) is 29.8 Å². The molecule has 18 heavy (non-hydrogen) atoms. The SMILES string of the molecule is NC(=S)c1ccc(NCCC(=O)NC2CC2)cc1. The first kappa shape index (κ1) is 12.8. The Kier molecular flexibility index (Phi) is 4.15. The van der Waals surface area contributed by atoms with Crippen molar-refractivity contribution >= 4 is 28.8 Å². The predicted molar refractivity (Wildman–Crippen MR) is 76.6 cm³/mol. The fourth-order valence-electron chi connectivity index (χ4n) is 1.60. The van der Waals surface area contributed by atoms with Crippen molar-refractivity contribution in [2.75, 3.05) is 11.9 Å². The standard InChI is InChI=1S/C13H17N3OS/c14-13(18)9-1-3-10(4-2-9)15-8-7-12(17)16-11-5-6-11/h1-4,11,15H,5-8H2,(H2,14,18)(H,16,17). The van der Waals surface area contributed by atoms with Gasteiger partial charge in [-0.05, 0) is 37.1 Å². The van der Waals surface area contributed by atoms with Crippen molar-refractivity contribution in [3.8, 4) is 0 Å². The van der Waals surface area contributed by atoms with Crippen molar-refractivity contribution in [2.45, 2.75) is 25.3 Å². The summed E-state index contributed by atoms with van der Waals surface area (Å²) in [6.07, 6.45) is 2.74. The molecule has 4 nitrogen and oxygen atoms in total. The van der Waals surface area contributed by atoms with Crippen molar-refractivity contribution < 1.29 is 4.79 Å². The van der Waals surface area contributed by atoms with Gasteiger partial charge in [0, 0.05) is 30.3 Å². The molecule has 1 aliphatic rings. The van der Waals surface area contributed by atoms with Crippen molar-refractivity contribution in [1.29, 1.82) is 0 Å². The Balaban J connectivity index is 1.72. The number of rotatable bonds is 6. The summed E-state index contributed by atoms with van der Waals surface area (Å²) in [6.45, 7) is 0.630. The topological polar surface area (TPSA) is 67.1 Å². The Bertz CT molecular complexity index is 440. The molecule has 1 aromatic carbocycles. The predicted octanol–water partition coefficient (Wildman–Crippen LogP) is 1.40. The molecule has 1 aliphatic carbocycles. The van der Waals surface area contributed by atoms with E-state index in [0.717, 1.165) is 24.1 Å². The number of carbonyl (C=O) groups is 1. The second-order valence-corrected chi connectivity index (χ2v) is 4.90. The van der Waals surface area contributed by atoms with Gasteiger partial charge in [0.25, 0.3) is 0 Å². The molecule has 1 aromatic rings. The normalized spacial score (nSPS) is 14.0. The summed E-state index contributed by atoms with van der Waals surface area (Å²) in [7, 11) is 0. The second-order valence-electron chi connectivity index (χ2n) is 4.46. The van der Waals surface area contributed by atoms with Gasteiger partial charge in [0.2, 0.25) is 5.91 Å². The summed E-state index contributed by atoms with van der Waals surface area (Å²) in [4.78, 5) is 11.8. The number of hydrogen-bond donors (Lipinski definition) is 3. The Morgan fingerprint density at radius 1 is 1.33 bits per heavy atom. The van der Waals surface area contributed by atoms with Crippen molar-refractivity contribution in [3.63, 3.8) is 0 Å². The van der Waals surface area contributed by atoms with Gasteiger partial charge in [-0.1, -0.05) is 12.2 Å². The Hall–Kier alpha value is -1.62. The third kappa shape index (κ3) is 4.00. The molecule has 1 fully saturated rings. The van der Waals surface area contributed by atoms with Crippen LogP contribution in [-0.4, -0.2) is 23.5 Å². The number of nitrogens with one attached hydrogen (secondary N) is 2. The van der Waals surface area contributed by atoms with E-state index in [1.54, 1.807) is 0 Å². The van der Waals surface area contributed by atoms with E-state index in [9.17, 15) is 4.79 Å². The van der Waals surface area contributed by atoms with Gasteiger partial charge in [-0.15, -0.1) is 0 Å². The number of carbonyl (C=O) groups excluding carboxylic acids is 1. The maximum absolute atomic E-state index is 11.4. The quantitative estimate of drug-likeness (QED) is 0.679. The highest BCUT2D eigenvalue weighted by atomic mass is 32.1. The first-order chi connectivity index (χ1) is 8.65. The smallest absolute Gasteiger partial charge is 0.221 e. The molecule has 96 valence electrons. The summed E-state index contributed by atoms with van der Waals surface area (Å²) in [5.41, 5.74) is 7.33. The zero-order valence-electron chi connectivity index (χ0n) is 10.1. The van der Waals surface area contributed by atoms with Gasteiger partial charge in [0.05, 0.1) is 0 Å². The number of hydrogen-bond acceptors (Lipinski definition) is 3. The van der Waals surface area contributed by atoms with Crippen molar-refractivity contribution in [1.82, 2.24) is 5.32 Å². The minimum Gasteiger partial charge on any atom is -0.389 e. The molecule has 0 aromatic heterocycles. The fraction of sp³-hybridized carbons (Fsp3) is 0.385. The van der Waals surface area contributed by atoms with Crippen molar-refractivity contribution in [2.24, 2.45) is 5.73 Å². The van der Waals surface area contributed by atoms with Crippen LogP contribution in [0.15, 0.2) is 24.3 Å². The minimum absolute atomic E-state index is 0.116. The molecule has 0 atom stereocenters. The van der Waals surface area contributed by atoms with E-state index in [2.05, 4.69) is 10.6 Å². The molecule has 2 rings (SSSR count). The van der Waals surface area contributed by atoms with E-state index in [4.69, 9.17) is 18.0 Å². The van der Waals surface area contributed by atoms with Gasteiger partial charge >= 0.3 is 0 Å².